The molecule has 2 N–H and O–H groups in total. The lowest BCUT2D eigenvalue weighted by Crippen LogP contribution is -2.49. The lowest BCUT2D eigenvalue weighted by molar-refractivity contribution is -0.0940. The van der Waals surface area contributed by atoms with Crippen LogP contribution in [-0.4, -0.2) is 78.0 Å². The minimum atomic E-state index is -2.50. The second-order valence-electron chi connectivity index (χ2n) is 15.6. The van der Waals surface area contributed by atoms with E-state index in [1.807, 2.05) is 84.9 Å². The van der Waals surface area contributed by atoms with Crippen molar-refractivity contribution in [1.82, 2.24) is 19.5 Å². The predicted octanol–water partition coefficient (Wildman–Crippen LogP) is 7.75. The number of methoxy groups -OCH3 is 2. The number of ether oxygens (including phenoxy) is 4. The number of benzene rings is 4. The topological polar surface area (TPSA) is 139 Å². The Kier molecular flexibility index (Phi) is 11.3. The largest absolute Gasteiger partial charge is 0.497 e. The van der Waals surface area contributed by atoms with E-state index in [9.17, 15) is 9.90 Å². The van der Waals surface area contributed by atoms with Crippen LogP contribution in [0.15, 0.2) is 122 Å². The molecule has 0 bridgehead atoms. The molecule has 2 aromatic heterocycles. The van der Waals surface area contributed by atoms with E-state index in [1.165, 1.54) is 6.33 Å². The number of hydrogen-bond acceptors (Lipinski definition) is 10. The molecule has 13 heteroatoms. The van der Waals surface area contributed by atoms with Gasteiger partial charge in [-0.3, -0.25) is 9.36 Å². The standard InChI is InChI=1S/C44H49N5O7Si/c1-43(2,3)57(6,7)56-38-37(50)35(55-42(38)49-28-47-36-39(45-27-46-40(36)49)48-41(51)29-14-10-8-11-15-29)26-54-44(30-16-12-9-13-17-30,31-18-22-33(52-4)23-19-31)32-20-24-34(53-5)25-21-32/h8-25,27-28,35,37-38,42,50H,26H2,1-7H3,(H,45,46,48,51)/t35-,37-,38-,42-/m1/s1. The van der Waals surface area contributed by atoms with Crippen LogP contribution in [0.2, 0.25) is 18.1 Å². The maximum atomic E-state index is 13.1. The Labute approximate surface area is 333 Å². The molecule has 57 heavy (non-hydrogen) atoms. The van der Waals surface area contributed by atoms with E-state index in [0.29, 0.717) is 28.2 Å². The van der Waals surface area contributed by atoms with E-state index < -0.39 is 38.5 Å². The predicted molar refractivity (Wildman–Crippen MR) is 220 cm³/mol. The van der Waals surface area contributed by atoms with Crippen molar-refractivity contribution in [2.75, 3.05) is 26.1 Å². The van der Waals surface area contributed by atoms with Crippen molar-refractivity contribution >= 4 is 31.2 Å². The van der Waals surface area contributed by atoms with Gasteiger partial charge in [0.1, 0.15) is 41.7 Å². The highest BCUT2D eigenvalue weighted by molar-refractivity contribution is 6.74. The summed E-state index contributed by atoms with van der Waals surface area (Å²) in [7, 11) is 0.769. The van der Waals surface area contributed by atoms with Crippen LogP contribution in [0.3, 0.4) is 0 Å². The number of imidazole rings is 1. The molecule has 4 aromatic carbocycles. The molecule has 6 aromatic rings. The first kappa shape index (κ1) is 39.8. The molecule has 1 fully saturated rings. The zero-order chi connectivity index (χ0) is 40.4. The van der Waals surface area contributed by atoms with Crippen molar-refractivity contribution in [3.05, 3.63) is 144 Å². The third-order valence-electron chi connectivity index (χ3n) is 11.1. The Morgan fingerprint density at radius 1 is 0.807 bits per heavy atom. The van der Waals surface area contributed by atoms with Crippen LogP contribution in [0.5, 0.6) is 11.5 Å². The number of aliphatic hydroxyl groups is 1. The fourth-order valence-electron chi connectivity index (χ4n) is 6.90. The van der Waals surface area contributed by atoms with Crippen LogP contribution in [0.4, 0.5) is 5.82 Å². The van der Waals surface area contributed by atoms with E-state index in [4.69, 9.17) is 23.4 Å². The molecule has 12 nitrogen and oxygen atoms in total. The van der Waals surface area contributed by atoms with Gasteiger partial charge in [0.2, 0.25) is 0 Å². The molecule has 1 aliphatic rings. The second-order valence-corrected chi connectivity index (χ2v) is 20.3. The third-order valence-corrected chi connectivity index (χ3v) is 15.6. The zero-order valence-electron chi connectivity index (χ0n) is 33.2. The molecule has 1 aliphatic heterocycles. The number of amides is 1. The first-order chi connectivity index (χ1) is 27.4. The van der Waals surface area contributed by atoms with Gasteiger partial charge in [-0.05, 0) is 71.2 Å². The van der Waals surface area contributed by atoms with Gasteiger partial charge in [0.05, 0.1) is 27.2 Å². The summed E-state index contributed by atoms with van der Waals surface area (Å²) in [6, 6.07) is 34.4. The molecule has 0 spiro atoms. The Bertz CT molecular complexity index is 2230. The molecular weight excluding hydrogens is 739 g/mol. The fraction of sp³-hybridized carbons (Fsp3) is 0.318. The van der Waals surface area contributed by atoms with Crippen LogP contribution in [0.1, 0.15) is 54.0 Å². The molecular formula is C44H49N5O7Si. The maximum absolute atomic E-state index is 13.1. The van der Waals surface area contributed by atoms with Crippen LogP contribution in [0.25, 0.3) is 11.2 Å². The number of anilines is 1. The van der Waals surface area contributed by atoms with Gasteiger partial charge in [0.25, 0.3) is 5.91 Å². The zero-order valence-corrected chi connectivity index (χ0v) is 34.2. The minimum Gasteiger partial charge on any atom is -0.497 e. The minimum absolute atomic E-state index is 0.0258. The van der Waals surface area contributed by atoms with Gasteiger partial charge in [0, 0.05) is 5.56 Å². The summed E-state index contributed by atoms with van der Waals surface area (Å²) in [6.07, 6.45) is -0.671. The van der Waals surface area contributed by atoms with Gasteiger partial charge >= 0.3 is 0 Å². The lowest BCUT2D eigenvalue weighted by atomic mass is 9.80. The summed E-state index contributed by atoms with van der Waals surface area (Å²) in [5, 5.41) is 15.0. The molecule has 1 amide bonds. The van der Waals surface area contributed by atoms with Crippen molar-refractivity contribution in [3.63, 3.8) is 0 Å². The summed E-state index contributed by atoms with van der Waals surface area (Å²) in [5.74, 6) is 1.33. The highest BCUT2D eigenvalue weighted by Gasteiger charge is 2.52. The molecule has 296 valence electrons. The molecule has 4 atom stereocenters. The normalized spacial score (nSPS) is 18.7. The van der Waals surface area contributed by atoms with Crippen LogP contribution >= 0.6 is 0 Å². The quantitative estimate of drug-likeness (QED) is 0.0883. The number of carbonyl (C=O) groups excluding carboxylic acids is 1. The maximum Gasteiger partial charge on any atom is 0.256 e. The number of aliphatic hydroxyl groups excluding tert-OH is 1. The van der Waals surface area contributed by atoms with Crippen molar-refractivity contribution in [2.45, 2.75) is 69.0 Å². The summed E-state index contributed by atoms with van der Waals surface area (Å²) in [4.78, 5) is 26.7. The smallest absolute Gasteiger partial charge is 0.256 e. The monoisotopic (exact) mass is 787 g/mol. The van der Waals surface area contributed by atoms with E-state index in [2.05, 4.69) is 54.1 Å². The number of nitrogens with zero attached hydrogens (tertiary/aromatic N) is 4. The Balaban J connectivity index is 1.28. The van der Waals surface area contributed by atoms with Crippen LogP contribution < -0.4 is 14.8 Å². The molecule has 1 saturated heterocycles. The summed E-state index contributed by atoms with van der Waals surface area (Å²) in [6.45, 7) is 10.7. The Morgan fingerprint density at radius 3 is 1.93 bits per heavy atom. The molecule has 7 rings (SSSR count). The van der Waals surface area contributed by atoms with Crippen molar-refractivity contribution < 1.29 is 33.3 Å². The van der Waals surface area contributed by atoms with Crippen molar-refractivity contribution in [1.29, 1.82) is 0 Å². The summed E-state index contributed by atoms with van der Waals surface area (Å²) in [5.41, 5.74) is 2.69. The van der Waals surface area contributed by atoms with E-state index >= 15 is 0 Å². The SMILES string of the molecule is COc1ccc(C(OC[C@H]2O[C@@H](n3cnc4c(NC(=O)c5ccccc5)ncnc43)[C@H](O[Si](C)(C)C(C)(C)C)[C@@H]2O)(c2ccccc2)c2ccc(OC)cc2)cc1. The Hall–Kier alpha value is -5.44. The van der Waals surface area contributed by atoms with Crippen LogP contribution in [0, 0.1) is 0 Å². The van der Waals surface area contributed by atoms with E-state index in [1.54, 1.807) is 49.4 Å². The highest BCUT2D eigenvalue weighted by atomic mass is 28.4. The number of fused-ring (bicyclic) bond motifs is 1. The number of hydrogen-bond donors (Lipinski definition) is 2. The highest BCUT2D eigenvalue weighted by Crippen LogP contribution is 2.45. The van der Waals surface area contributed by atoms with E-state index in [-0.39, 0.29) is 23.4 Å². The van der Waals surface area contributed by atoms with Gasteiger partial charge in [-0.2, -0.15) is 0 Å². The first-order valence-electron chi connectivity index (χ1n) is 18.9. The molecule has 3 heterocycles. The van der Waals surface area contributed by atoms with Gasteiger partial charge in [0.15, 0.2) is 31.5 Å². The van der Waals surface area contributed by atoms with Gasteiger partial charge in [-0.1, -0.05) is 93.6 Å². The van der Waals surface area contributed by atoms with Crippen molar-refractivity contribution in [2.24, 2.45) is 0 Å². The van der Waals surface area contributed by atoms with Crippen LogP contribution in [-0.2, 0) is 19.5 Å². The fourth-order valence-corrected chi connectivity index (χ4v) is 8.19. The van der Waals surface area contributed by atoms with Gasteiger partial charge in [-0.25, -0.2) is 15.0 Å². The summed E-state index contributed by atoms with van der Waals surface area (Å²) < 4.78 is 33.8. The molecule has 0 saturated carbocycles. The average molecular weight is 788 g/mol. The lowest BCUT2D eigenvalue weighted by Gasteiger charge is -2.40. The number of carbonyl (C=O) groups is 1. The van der Waals surface area contributed by atoms with Gasteiger partial charge in [-0.15, -0.1) is 0 Å². The number of aromatic nitrogens is 4. The van der Waals surface area contributed by atoms with Gasteiger partial charge < -0.3 is 33.8 Å². The molecule has 0 aliphatic carbocycles. The average Bonchev–Trinajstić information content (AvgIpc) is 3.79. The molecule has 0 unspecified atom stereocenters. The van der Waals surface area contributed by atoms with Crippen molar-refractivity contribution in [3.8, 4) is 11.5 Å². The Morgan fingerprint density at radius 2 is 1.37 bits per heavy atom. The number of rotatable bonds is 13. The molecule has 0 radical (unpaired) electrons. The summed E-state index contributed by atoms with van der Waals surface area (Å²) >= 11 is 0. The number of nitrogens with one attached hydrogen (secondary N) is 1. The second kappa shape index (κ2) is 16.2. The first-order valence-corrected chi connectivity index (χ1v) is 21.8. The van der Waals surface area contributed by atoms with E-state index in [0.717, 1.165) is 16.7 Å². The third kappa shape index (κ3) is 7.81.